The molecule has 0 nitrogen and oxygen atoms in total. The van der Waals surface area contributed by atoms with Crippen LogP contribution in [0.2, 0.25) is 0 Å². The van der Waals surface area contributed by atoms with Gasteiger partial charge in [-0.25, -0.2) is 0 Å². The minimum atomic E-state index is 1.04. The molecule has 0 spiro atoms. The Balaban J connectivity index is 0. The molecule has 9 heavy (non-hydrogen) atoms. The van der Waals surface area contributed by atoms with E-state index in [9.17, 15) is 0 Å². The molecule has 0 bridgehead atoms. The van der Waals surface area contributed by atoms with E-state index in [-0.39, 0.29) is 0 Å². The molecule has 0 fully saturated rings. The predicted molar refractivity (Wildman–Crippen MR) is 48.9 cm³/mol. The number of rotatable bonds is 1. The van der Waals surface area contributed by atoms with Gasteiger partial charge in [0.25, 0.3) is 0 Å². The molecule has 0 aromatic carbocycles. The summed E-state index contributed by atoms with van der Waals surface area (Å²) in [7, 11) is 0. The van der Waals surface area contributed by atoms with Gasteiger partial charge in [-0.3, -0.25) is 0 Å². The Morgan fingerprint density at radius 1 is 1.33 bits per heavy atom. The summed E-state index contributed by atoms with van der Waals surface area (Å²) in [4.78, 5) is 1.04. The summed E-state index contributed by atoms with van der Waals surface area (Å²) >= 11 is 4.04. The first-order valence-electron chi connectivity index (χ1n) is 3.26. The Hall–Kier alpha value is -0.170. The Morgan fingerprint density at radius 2 is 1.78 bits per heavy atom. The first-order chi connectivity index (χ1) is 4.27. The molecule has 0 aliphatic carbocycles. The molecule has 0 aromatic rings. The van der Waals surface area contributed by atoms with Crippen LogP contribution in [0.5, 0.6) is 0 Å². The Morgan fingerprint density at radius 3 is 1.89 bits per heavy atom. The van der Waals surface area contributed by atoms with Crippen LogP contribution in [-0.2, 0) is 0 Å². The van der Waals surface area contributed by atoms with Crippen molar-refractivity contribution in [2.24, 2.45) is 0 Å². The van der Waals surface area contributed by atoms with E-state index in [1.54, 1.807) is 0 Å². The highest BCUT2D eigenvalue weighted by molar-refractivity contribution is 7.84. The monoisotopic (exact) mass is 144 g/mol. The summed E-state index contributed by atoms with van der Waals surface area (Å²) in [6.45, 7) is 7.93. The van der Waals surface area contributed by atoms with Crippen molar-refractivity contribution in [1.29, 1.82) is 0 Å². The van der Waals surface area contributed by atoms with Crippen LogP contribution in [0.25, 0.3) is 0 Å². The molecule has 0 radical (unpaired) electrons. The largest absolute Gasteiger partial charge is 0.148 e. The fraction of sp³-hybridized carbons (Fsp3) is 0.500. The van der Waals surface area contributed by atoms with Gasteiger partial charge >= 0.3 is 0 Å². The fourth-order valence-corrected chi connectivity index (χ4v) is 0.322. The summed E-state index contributed by atoms with van der Waals surface area (Å²) < 4.78 is 0. The lowest BCUT2D eigenvalue weighted by Gasteiger charge is -1.77. The lowest BCUT2D eigenvalue weighted by atomic mass is 10.5. The molecule has 0 atom stereocenters. The minimum Gasteiger partial charge on any atom is -0.148 e. The Bertz CT molecular complexity index is 86.7. The van der Waals surface area contributed by atoms with Gasteiger partial charge < -0.3 is 0 Å². The highest BCUT2D eigenvalue weighted by atomic mass is 32.1. The van der Waals surface area contributed by atoms with E-state index >= 15 is 0 Å². The van der Waals surface area contributed by atoms with Gasteiger partial charge in [0.15, 0.2) is 0 Å². The molecule has 0 aliphatic heterocycles. The van der Waals surface area contributed by atoms with Gasteiger partial charge in [-0.05, 0) is 18.8 Å². The summed E-state index contributed by atoms with van der Waals surface area (Å²) in [6, 6.07) is 0. The van der Waals surface area contributed by atoms with E-state index in [4.69, 9.17) is 0 Å². The van der Waals surface area contributed by atoms with Gasteiger partial charge in [0.05, 0.1) is 0 Å². The summed E-state index contributed by atoms with van der Waals surface area (Å²) in [5.74, 6) is 0. The van der Waals surface area contributed by atoms with Gasteiger partial charge in [0.1, 0.15) is 0 Å². The zero-order valence-electron chi connectivity index (χ0n) is 6.68. The van der Waals surface area contributed by atoms with Crippen molar-refractivity contribution in [2.45, 2.75) is 27.7 Å². The maximum atomic E-state index is 4.04. The first kappa shape index (κ1) is 11.6. The third kappa shape index (κ3) is 18.1. The average Bonchev–Trinajstić information content (AvgIpc) is 1.88. The molecule has 0 aromatic heterocycles. The molecule has 0 saturated carbocycles. The van der Waals surface area contributed by atoms with Crippen molar-refractivity contribution in [1.82, 2.24) is 0 Å². The van der Waals surface area contributed by atoms with Crippen molar-refractivity contribution >= 4 is 12.6 Å². The molecule has 0 saturated heterocycles. The molecule has 0 aliphatic rings. The number of thiol groups is 1. The zero-order chi connectivity index (χ0) is 7.70. The van der Waals surface area contributed by atoms with Crippen LogP contribution < -0.4 is 0 Å². The lowest BCUT2D eigenvalue weighted by Crippen LogP contribution is -1.51. The topological polar surface area (TPSA) is 0 Å². The van der Waals surface area contributed by atoms with E-state index < -0.39 is 0 Å². The maximum absolute atomic E-state index is 4.04. The average molecular weight is 144 g/mol. The molecule has 0 unspecified atom stereocenters. The van der Waals surface area contributed by atoms with Crippen LogP contribution in [-0.4, -0.2) is 0 Å². The molecule has 0 amide bonds. The summed E-state index contributed by atoms with van der Waals surface area (Å²) in [5.41, 5.74) is 0. The van der Waals surface area contributed by atoms with Gasteiger partial charge in [0.2, 0.25) is 0 Å². The Kier molecular flexibility index (Phi) is 13.9. The lowest BCUT2D eigenvalue weighted by molar-refractivity contribution is 1.50. The second-order valence-electron chi connectivity index (χ2n) is 1.33. The SMILES string of the molecule is C/C=C/C=C(/C)S.CC. The smallest absolute Gasteiger partial charge is 0.0215 e. The van der Waals surface area contributed by atoms with Crippen molar-refractivity contribution in [3.8, 4) is 0 Å². The summed E-state index contributed by atoms with van der Waals surface area (Å²) in [5, 5.41) is 0. The molecule has 0 N–H and O–H groups in total. The standard InChI is InChI=1S/C6H10S.C2H6/c1-3-4-5-6(2)7;1-2/h3-5,7H,1-2H3;1-2H3/b4-3+,6-5-;. The molecular formula is C8H16S. The van der Waals surface area contributed by atoms with Crippen molar-refractivity contribution in [2.75, 3.05) is 0 Å². The third-order valence-electron chi connectivity index (χ3n) is 0.530. The predicted octanol–water partition coefficient (Wildman–Crippen LogP) is 3.42. The van der Waals surface area contributed by atoms with Gasteiger partial charge in [0, 0.05) is 0 Å². The van der Waals surface area contributed by atoms with Crippen molar-refractivity contribution in [3.63, 3.8) is 0 Å². The van der Waals surface area contributed by atoms with E-state index in [1.165, 1.54) is 0 Å². The van der Waals surface area contributed by atoms with Crippen molar-refractivity contribution in [3.05, 3.63) is 23.1 Å². The number of allylic oxidation sites excluding steroid dienone is 4. The third-order valence-corrected chi connectivity index (χ3v) is 0.679. The maximum Gasteiger partial charge on any atom is -0.0215 e. The van der Waals surface area contributed by atoms with Crippen LogP contribution in [0.3, 0.4) is 0 Å². The van der Waals surface area contributed by atoms with Crippen LogP contribution in [0.4, 0.5) is 0 Å². The first-order valence-corrected chi connectivity index (χ1v) is 3.70. The number of hydrogen-bond acceptors (Lipinski definition) is 1. The second kappa shape index (κ2) is 10.7. The van der Waals surface area contributed by atoms with E-state index in [0.29, 0.717) is 0 Å². The van der Waals surface area contributed by atoms with Crippen molar-refractivity contribution < 1.29 is 0 Å². The quantitative estimate of drug-likeness (QED) is 0.423. The van der Waals surface area contributed by atoms with Gasteiger partial charge in [-0.2, -0.15) is 0 Å². The van der Waals surface area contributed by atoms with Crippen LogP contribution in [0, 0.1) is 0 Å². The highest BCUT2D eigenvalue weighted by Crippen LogP contribution is 1.95. The van der Waals surface area contributed by atoms with Crippen LogP contribution in [0.15, 0.2) is 23.1 Å². The van der Waals surface area contributed by atoms with E-state index in [0.717, 1.165) is 4.91 Å². The molecule has 1 heteroatoms. The van der Waals surface area contributed by atoms with Gasteiger partial charge in [-0.15, -0.1) is 12.6 Å². The van der Waals surface area contributed by atoms with Gasteiger partial charge in [-0.1, -0.05) is 32.1 Å². The zero-order valence-corrected chi connectivity index (χ0v) is 7.57. The second-order valence-corrected chi connectivity index (χ2v) is 2.04. The number of hydrogen-bond donors (Lipinski definition) is 1. The molecule has 0 heterocycles. The highest BCUT2D eigenvalue weighted by Gasteiger charge is 1.66. The van der Waals surface area contributed by atoms with E-state index in [1.807, 2.05) is 45.9 Å². The van der Waals surface area contributed by atoms with E-state index in [2.05, 4.69) is 12.6 Å². The molecule has 0 rings (SSSR count). The molecule has 54 valence electrons. The van der Waals surface area contributed by atoms with Crippen LogP contribution in [0.1, 0.15) is 27.7 Å². The summed E-state index contributed by atoms with van der Waals surface area (Å²) in [6.07, 6.45) is 5.88. The Labute approximate surface area is 64.1 Å². The molecular weight excluding hydrogens is 128 g/mol. The minimum absolute atomic E-state index is 1.04. The van der Waals surface area contributed by atoms with Crippen LogP contribution >= 0.6 is 12.6 Å². The fourth-order valence-electron chi connectivity index (χ4n) is 0.235. The normalized spacial score (nSPS) is 11.0.